The summed E-state index contributed by atoms with van der Waals surface area (Å²) in [7, 11) is 0. The van der Waals surface area contributed by atoms with Crippen LogP contribution in [0, 0.1) is 19.3 Å². The SMILES string of the molecule is Cc1cc(C)c(CNC(=O)c2c(Cl)c(-c3ccc4c(c3)OCCO4)nc(NC(C)C)c2C=N)c(=O)[nH]1. The first-order valence-corrected chi connectivity index (χ1v) is 12.0. The van der Waals surface area contributed by atoms with E-state index in [-0.39, 0.29) is 34.3 Å². The van der Waals surface area contributed by atoms with E-state index in [1.54, 1.807) is 25.1 Å². The molecular formula is C26H28ClN5O4. The molecule has 188 valence electrons. The number of carbonyl (C=O) groups excluding carboxylic acids is 1. The molecule has 36 heavy (non-hydrogen) atoms. The summed E-state index contributed by atoms with van der Waals surface area (Å²) in [6.45, 7) is 8.37. The normalized spacial score (nSPS) is 12.4. The third-order valence-corrected chi connectivity index (χ3v) is 6.08. The fraction of sp³-hybridized carbons (Fsp3) is 0.308. The van der Waals surface area contributed by atoms with Crippen LogP contribution in [0.4, 0.5) is 5.82 Å². The Morgan fingerprint density at radius 1 is 1.22 bits per heavy atom. The van der Waals surface area contributed by atoms with E-state index in [1.165, 1.54) is 0 Å². The maximum absolute atomic E-state index is 13.5. The van der Waals surface area contributed by atoms with Crippen LogP contribution in [0.15, 0.2) is 29.1 Å². The fourth-order valence-corrected chi connectivity index (χ4v) is 4.40. The molecule has 4 N–H and O–H groups in total. The lowest BCUT2D eigenvalue weighted by Gasteiger charge is -2.21. The quantitative estimate of drug-likeness (QED) is 0.353. The number of pyridine rings is 2. The molecule has 1 aliphatic rings. The Labute approximate surface area is 213 Å². The Balaban J connectivity index is 1.79. The lowest BCUT2D eigenvalue weighted by molar-refractivity contribution is 0.0950. The van der Waals surface area contributed by atoms with Crippen molar-refractivity contribution in [2.75, 3.05) is 18.5 Å². The van der Waals surface area contributed by atoms with Crippen molar-refractivity contribution in [1.82, 2.24) is 15.3 Å². The molecule has 1 aliphatic heterocycles. The Morgan fingerprint density at radius 2 is 1.94 bits per heavy atom. The summed E-state index contributed by atoms with van der Waals surface area (Å²) in [6, 6.07) is 7.16. The van der Waals surface area contributed by atoms with Crippen LogP contribution in [0.25, 0.3) is 11.3 Å². The van der Waals surface area contributed by atoms with Crippen molar-refractivity contribution in [2.24, 2.45) is 0 Å². The van der Waals surface area contributed by atoms with Crippen molar-refractivity contribution < 1.29 is 14.3 Å². The highest BCUT2D eigenvalue weighted by Gasteiger charge is 2.25. The van der Waals surface area contributed by atoms with E-state index in [9.17, 15) is 9.59 Å². The molecule has 1 aromatic carbocycles. The highest BCUT2D eigenvalue weighted by molar-refractivity contribution is 6.37. The highest BCUT2D eigenvalue weighted by Crippen LogP contribution is 2.39. The third kappa shape index (κ3) is 5.06. The number of carbonyl (C=O) groups is 1. The second-order valence-electron chi connectivity index (χ2n) is 8.84. The van der Waals surface area contributed by atoms with Crippen molar-refractivity contribution in [1.29, 1.82) is 5.41 Å². The van der Waals surface area contributed by atoms with Gasteiger partial charge in [0.1, 0.15) is 19.0 Å². The predicted octanol–water partition coefficient (Wildman–Crippen LogP) is 4.23. The molecule has 4 rings (SSSR count). The van der Waals surface area contributed by atoms with Crippen LogP contribution < -0.4 is 25.7 Å². The van der Waals surface area contributed by atoms with Crippen molar-refractivity contribution >= 4 is 29.5 Å². The van der Waals surface area contributed by atoms with Gasteiger partial charge >= 0.3 is 0 Å². The van der Waals surface area contributed by atoms with Gasteiger partial charge in [0.05, 0.1) is 16.3 Å². The molecule has 3 heterocycles. The number of hydrogen-bond donors (Lipinski definition) is 4. The minimum absolute atomic E-state index is 0.00265. The van der Waals surface area contributed by atoms with E-state index in [1.807, 2.05) is 26.8 Å². The number of aromatic amines is 1. The maximum atomic E-state index is 13.5. The minimum atomic E-state index is -0.522. The van der Waals surface area contributed by atoms with Crippen molar-refractivity contribution in [3.05, 3.63) is 67.6 Å². The summed E-state index contributed by atoms with van der Waals surface area (Å²) in [6.07, 6.45) is 1.05. The maximum Gasteiger partial charge on any atom is 0.253 e. The molecule has 3 aromatic rings. The van der Waals surface area contributed by atoms with Crippen molar-refractivity contribution in [2.45, 2.75) is 40.3 Å². The number of halogens is 1. The minimum Gasteiger partial charge on any atom is -0.486 e. The van der Waals surface area contributed by atoms with Gasteiger partial charge in [-0.3, -0.25) is 9.59 Å². The zero-order valence-corrected chi connectivity index (χ0v) is 21.3. The number of aryl methyl sites for hydroxylation is 2. The molecule has 0 saturated carbocycles. The van der Waals surface area contributed by atoms with E-state index >= 15 is 0 Å². The van der Waals surface area contributed by atoms with Gasteiger partial charge in [-0.2, -0.15) is 0 Å². The zero-order chi connectivity index (χ0) is 26.0. The molecule has 0 unspecified atom stereocenters. The number of ether oxygens (including phenoxy) is 2. The van der Waals surface area contributed by atoms with Crippen LogP contribution in [-0.4, -0.2) is 41.3 Å². The van der Waals surface area contributed by atoms with E-state index in [2.05, 4.69) is 20.6 Å². The standard InChI is InChI=1S/C26H28ClN5O4/c1-13(2)30-24-17(11-28)21(26(34)29-12-18-14(3)9-15(4)31-25(18)33)22(27)23(32-24)16-5-6-19-20(10-16)36-8-7-35-19/h5-6,9-11,13,28H,7-8,12H2,1-4H3,(H,29,34)(H,30,32)(H,31,33). The molecule has 1 amide bonds. The number of amides is 1. The smallest absolute Gasteiger partial charge is 0.253 e. The van der Waals surface area contributed by atoms with E-state index < -0.39 is 5.91 Å². The van der Waals surface area contributed by atoms with Gasteiger partial charge in [-0.25, -0.2) is 4.98 Å². The van der Waals surface area contributed by atoms with Gasteiger partial charge in [0.25, 0.3) is 11.5 Å². The van der Waals surface area contributed by atoms with Crippen LogP contribution in [0.1, 0.15) is 46.6 Å². The Bertz CT molecular complexity index is 1400. The molecule has 0 spiro atoms. The summed E-state index contributed by atoms with van der Waals surface area (Å²) in [5.74, 6) is 1.01. The molecule has 0 radical (unpaired) electrons. The van der Waals surface area contributed by atoms with Gasteiger partial charge in [0, 0.05) is 41.2 Å². The predicted molar refractivity (Wildman–Crippen MR) is 140 cm³/mol. The number of rotatable bonds is 7. The monoisotopic (exact) mass is 509 g/mol. The number of nitrogens with zero attached hydrogens (tertiary/aromatic N) is 1. The summed E-state index contributed by atoms with van der Waals surface area (Å²) < 4.78 is 11.3. The molecular weight excluding hydrogens is 482 g/mol. The fourth-order valence-electron chi connectivity index (χ4n) is 4.06. The summed E-state index contributed by atoms with van der Waals surface area (Å²) in [5, 5.41) is 14.1. The molecule has 0 fully saturated rings. The Kier molecular flexibility index (Phi) is 7.30. The van der Waals surface area contributed by atoms with Gasteiger partial charge in [0.2, 0.25) is 0 Å². The van der Waals surface area contributed by atoms with Gasteiger partial charge in [-0.05, 0) is 57.5 Å². The number of anilines is 1. The number of H-pyrrole nitrogens is 1. The van der Waals surface area contributed by atoms with Gasteiger partial charge in [-0.1, -0.05) is 11.6 Å². The van der Waals surface area contributed by atoms with E-state index in [0.717, 1.165) is 17.5 Å². The Hall–Kier alpha value is -3.85. The van der Waals surface area contributed by atoms with E-state index in [0.29, 0.717) is 47.4 Å². The second kappa shape index (κ2) is 10.4. The average Bonchev–Trinajstić information content (AvgIpc) is 2.83. The molecule has 0 saturated heterocycles. The topological polar surface area (TPSA) is 129 Å². The van der Waals surface area contributed by atoms with Crippen LogP contribution >= 0.6 is 11.6 Å². The van der Waals surface area contributed by atoms with Crippen LogP contribution in [0.5, 0.6) is 11.5 Å². The van der Waals surface area contributed by atoms with Crippen molar-refractivity contribution in [3.8, 4) is 22.8 Å². The number of fused-ring (bicyclic) bond motifs is 1. The third-order valence-electron chi connectivity index (χ3n) is 5.71. The molecule has 9 nitrogen and oxygen atoms in total. The van der Waals surface area contributed by atoms with Crippen LogP contribution in [0.3, 0.4) is 0 Å². The summed E-state index contributed by atoms with van der Waals surface area (Å²) >= 11 is 6.78. The summed E-state index contributed by atoms with van der Waals surface area (Å²) in [5.41, 5.74) is 3.03. The number of benzene rings is 1. The van der Waals surface area contributed by atoms with Gasteiger partial charge in [0.15, 0.2) is 11.5 Å². The first-order valence-electron chi connectivity index (χ1n) is 11.6. The van der Waals surface area contributed by atoms with Gasteiger partial charge < -0.3 is 30.5 Å². The highest BCUT2D eigenvalue weighted by atomic mass is 35.5. The number of aromatic nitrogens is 2. The van der Waals surface area contributed by atoms with E-state index in [4.69, 9.17) is 26.5 Å². The van der Waals surface area contributed by atoms with Crippen LogP contribution in [0.2, 0.25) is 5.02 Å². The molecule has 0 aliphatic carbocycles. The average molecular weight is 510 g/mol. The molecule has 2 aromatic heterocycles. The second-order valence-corrected chi connectivity index (χ2v) is 9.22. The lowest BCUT2D eigenvalue weighted by Crippen LogP contribution is -2.29. The van der Waals surface area contributed by atoms with Crippen molar-refractivity contribution in [3.63, 3.8) is 0 Å². The molecule has 10 heteroatoms. The van der Waals surface area contributed by atoms with Crippen LogP contribution in [-0.2, 0) is 6.54 Å². The summed E-state index contributed by atoms with van der Waals surface area (Å²) in [4.78, 5) is 33.3. The van der Waals surface area contributed by atoms with Gasteiger partial charge in [-0.15, -0.1) is 0 Å². The first-order chi connectivity index (χ1) is 17.2. The number of hydrogen-bond acceptors (Lipinski definition) is 7. The Morgan fingerprint density at radius 3 is 2.61 bits per heavy atom. The first kappa shape index (κ1) is 25.2. The molecule has 0 bridgehead atoms. The number of nitrogens with one attached hydrogen (secondary N) is 4. The largest absolute Gasteiger partial charge is 0.486 e. The zero-order valence-electron chi connectivity index (χ0n) is 20.5. The lowest BCUT2D eigenvalue weighted by atomic mass is 10.0. The molecule has 0 atom stereocenters.